The van der Waals surface area contributed by atoms with E-state index in [2.05, 4.69) is 5.32 Å². The summed E-state index contributed by atoms with van der Waals surface area (Å²) in [6, 6.07) is 18.4. The molecule has 3 aromatic rings. The molecular weight excluding hydrogens is 351 g/mol. The van der Waals surface area contributed by atoms with E-state index in [-0.39, 0.29) is 11.9 Å². The largest absolute Gasteiger partial charge is 0.416 e. The number of alkyl halides is 3. The number of hydrogen-bond donors (Lipinski definition) is 1. The lowest BCUT2D eigenvalue weighted by molar-refractivity contribution is -0.137. The van der Waals surface area contributed by atoms with Gasteiger partial charge in [-0.2, -0.15) is 13.2 Å². The minimum Gasteiger partial charge on any atom is -0.346 e. The van der Waals surface area contributed by atoms with E-state index in [9.17, 15) is 18.0 Å². The lowest BCUT2D eigenvalue weighted by atomic mass is 10.00. The van der Waals surface area contributed by atoms with Crippen LogP contribution in [0.15, 0.2) is 72.8 Å². The second-order valence-corrected chi connectivity index (χ2v) is 6.26. The lowest BCUT2D eigenvalue weighted by Crippen LogP contribution is -2.24. The fourth-order valence-electron chi connectivity index (χ4n) is 2.96. The molecule has 138 valence electrons. The summed E-state index contributed by atoms with van der Waals surface area (Å²) < 4.78 is 38.3. The highest BCUT2D eigenvalue weighted by Gasteiger charge is 2.30. The number of hydrogen-bond acceptors (Lipinski definition) is 1. The highest BCUT2D eigenvalue weighted by Crippen LogP contribution is 2.29. The minimum atomic E-state index is -4.41. The number of rotatable bonds is 4. The molecule has 0 aromatic heterocycles. The topological polar surface area (TPSA) is 29.1 Å². The van der Waals surface area contributed by atoms with Crippen LogP contribution in [-0.4, -0.2) is 5.91 Å². The molecule has 2 nitrogen and oxygen atoms in total. The Labute approximate surface area is 155 Å². The molecule has 1 N–H and O–H groups in total. The Balaban J connectivity index is 1.73. The van der Waals surface area contributed by atoms with Crippen LogP contribution in [0.2, 0.25) is 0 Å². The fourth-order valence-corrected chi connectivity index (χ4v) is 2.96. The van der Waals surface area contributed by atoms with Crippen molar-refractivity contribution in [1.29, 1.82) is 0 Å². The fraction of sp³-hybridized carbons (Fsp3) is 0.136. The molecule has 5 heteroatoms. The molecule has 3 aromatic carbocycles. The van der Waals surface area contributed by atoms with Gasteiger partial charge in [-0.05, 0) is 47.0 Å². The standard InChI is InChI=1S/C22H18F3NO/c1-15(19-11-5-8-17-7-2-3-10-20(17)19)26-21(27)13-12-16-6-4-9-18(14-16)22(23,24)25/h2-15H,1H3,(H,26,27). The number of nitrogens with one attached hydrogen (secondary N) is 1. The van der Waals surface area contributed by atoms with Crippen molar-refractivity contribution in [3.05, 3.63) is 89.5 Å². The number of benzene rings is 3. The quantitative estimate of drug-likeness (QED) is 0.583. The molecule has 0 aliphatic carbocycles. The van der Waals surface area contributed by atoms with Gasteiger partial charge in [-0.15, -0.1) is 0 Å². The van der Waals surface area contributed by atoms with Crippen LogP contribution in [0.4, 0.5) is 13.2 Å². The molecule has 1 atom stereocenters. The van der Waals surface area contributed by atoms with Crippen molar-refractivity contribution in [3.8, 4) is 0 Å². The van der Waals surface area contributed by atoms with E-state index in [0.29, 0.717) is 5.56 Å². The van der Waals surface area contributed by atoms with Gasteiger partial charge < -0.3 is 5.32 Å². The molecule has 0 saturated heterocycles. The summed E-state index contributed by atoms with van der Waals surface area (Å²) in [6.45, 7) is 1.87. The van der Waals surface area contributed by atoms with Gasteiger partial charge in [-0.1, -0.05) is 54.6 Å². The molecule has 0 spiro atoms. The van der Waals surface area contributed by atoms with Crippen molar-refractivity contribution < 1.29 is 18.0 Å². The first-order valence-electron chi connectivity index (χ1n) is 8.48. The molecule has 0 bridgehead atoms. The van der Waals surface area contributed by atoms with Crippen LogP contribution in [0.5, 0.6) is 0 Å². The molecule has 3 rings (SSSR count). The van der Waals surface area contributed by atoms with Gasteiger partial charge >= 0.3 is 6.18 Å². The molecule has 0 heterocycles. The van der Waals surface area contributed by atoms with Gasteiger partial charge in [0.2, 0.25) is 5.91 Å². The maximum Gasteiger partial charge on any atom is 0.416 e. The van der Waals surface area contributed by atoms with E-state index in [1.165, 1.54) is 24.3 Å². The van der Waals surface area contributed by atoms with Crippen LogP contribution < -0.4 is 5.32 Å². The maximum atomic E-state index is 12.8. The Morgan fingerprint density at radius 2 is 1.70 bits per heavy atom. The molecule has 0 aliphatic heterocycles. The second kappa shape index (κ2) is 7.66. The van der Waals surface area contributed by atoms with Crippen molar-refractivity contribution in [2.75, 3.05) is 0 Å². The summed E-state index contributed by atoms with van der Waals surface area (Å²) in [4.78, 5) is 12.2. The third kappa shape index (κ3) is 4.56. The van der Waals surface area contributed by atoms with Crippen LogP contribution >= 0.6 is 0 Å². The third-order valence-corrected chi connectivity index (χ3v) is 4.29. The van der Waals surface area contributed by atoms with Crippen LogP contribution in [0.1, 0.15) is 29.7 Å². The van der Waals surface area contributed by atoms with Gasteiger partial charge in [0.15, 0.2) is 0 Å². The van der Waals surface area contributed by atoms with Crippen molar-refractivity contribution in [2.24, 2.45) is 0 Å². The molecule has 27 heavy (non-hydrogen) atoms. The molecule has 0 fully saturated rings. The molecule has 1 unspecified atom stereocenters. The average Bonchev–Trinajstić information content (AvgIpc) is 2.65. The smallest absolute Gasteiger partial charge is 0.346 e. The Bertz CT molecular complexity index is 987. The van der Waals surface area contributed by atoms with Crippen LogP contribution in [0.3, 0.4) is 0 Å². The van der Waals surface area contributed by atoms with Crippen molar-refractivity contribution in [3.63, 3.8) is 0 Å². The summed E-state index contributed by atoms with van der Waals surface area (Å²) >= 11 is 0. The first-order valence-corrected chi connectivity index (χ1v) is 8.48. The average molecular weight is 369 g/mol. The highest BCUT2D eigenvalue weighted by atomic mass is 19.4. The normalized spacial score (nSPS) is 13.0. The van der Waals surface area contributed by atoms with E-state index in [4.69, 9.17) is 0 Å². The zero-order valence-electron chi connectivity index (χ0n) is 14.6. The predicted molar refractivity (Wildman–Crippen MR) is 101 cm³/mol. The number of fused-ring (bicyclic) bond motifs is 1. The Morgan fingerprint density at radius 1 is 1.00 bits per heavy atom. The summed E-state index contributed by atoms with van der Waals surface area (Å²) in [7, 11) is 0. The first kappa shape index (κ1) is 18.7. The van der Waals surface area contributed by atoms with E-state index in [0.717, 1.165) is 28.5 Å². The summed E-state index contributed by atoms with van der Waals surface area (Å²) in [5.41, 5.74) is 0.556. The highest BCUT2D eigenvalue weighted by molar-refractivity contribution is 5.93. The zero-order chi connectivity index (χ0) is 19.4. The number of halogens is 3. The van der Waals surface area contributed by atoms with Gasteiger partial charge in [-0.25, -0.2) is 0 Å². The minimum absolute atomic E-state index is 0.241. The molecule has 1 amide bonds. The van der Waals surface area contributed by atoms with Crippen LogP contribution in [0.25, 0.3) is 16.8 Å². The molecule has 0 radical (unpaired) electrons. The zero-order valence-corrected chi connectivity index (χ0v) is 14.6. The van der Waals surface area contributed by atoms with Gasteiger partial charge in [0.25, 0.3) is 0 Å². The van der Waals surface area contributed by atoms with Crippen molar-refractivity contribution >= 4 is 22.8 Å². The second-order valence-electron chi connectivity index (χ2n) is 6.26. The lowest BCUT2D eigenvalue weighted by Gasteiger charge is -2.15. The number of carbonyl (C=O) groups excluding carboxylic acids is 1. The summed E-state index contributed by atoms with van der Waals surface area (Å²) in [6.07, 6.45) is -1.79. The molecule has 0 saturated carbocycles. The SMILES string of the molecule is CC(NC(=O)C=Cc1cccc(C(F)(F)F)c1)c1cccc2ccccc12. The van der Waals surface area contributed by atoms with Gasteiger partial charge in [0, 0.05) is 6.08 Å². The number of amides is 1. The maximum absolute atomic E-state index is 12.8. The monoisotopic (exact) mass is 369 g/mol. The first-order chi connectivity index (χ1) is 12.8. The van der Waals surface area contributed by atoms with Crippen molar-refractivity contribution in [1.82, 2.24) is 5.32 Å². The third-order valence-electron chi connectivity index (χ3n) is 4.29. The van der Waals surface area contributed by atoms with Gasteiger partial charge in [0.05, 0.1) is 11.6 Å². The molecular formula is C22H18F3NO. The summed E-state index contributed by atoms with van der Waals surface area (Å²) in [5, 5.41) is 4.99. The van der Waals surface area contributed by atoms with Crippen LogP contribution in [-0.2, 0) is 11.0 Å². The van der Waals surface area contributed by atoms with E-state index in [1.54, 1.807) is 0 Å². The Kier molecular flexibility index (Phi) is 5.31. The Morgan fingerprint density at radius 3 is 2.48 bits per heavy atom. The van der Waals surface area contributed by atoms with E-state index >= 15 is 0 Å². The van der Waals surface area contributed by atoms with E-state index in [1.807, 2.05) is 49.4 Å². The van der Waals surface area contributed by atoms with Crippen molar-refractivity contribution in [2.45, 2.75) is 19.1 Å². The van der Waals surface area contributed by atoms with Gasteiger partial charge in [-0.3, -0.25) is 4.79 Å². The molecule has 0 aliphatic rings. The predicted octanol–water partition coefficient (Wildman–Crippen LogP) is 5.75. The van der Waals surface area contributed by atoms with Crippen LogP contribution in [0, 0.1) is 0 Å². The number of carbonyl (C=O) groups is 1. The Hall–Kier alpha value is -3.08. The summed E-state index contributed by atoms with van der Waals surface area (Å²) in [5.74, 6) is -0.368. The van der Waals surface area contributed by atoms with E-state index < -0.39 is 11.7 Å². The van der Waals surface area contributed by atoms with Gasteiger partial charge in [0.1, 0.15) is 0 Å².